The second-order valence-electron chi connectivity index (χ2n) is 2.84. The van der Waals surface area contributed by atoms with Gasteiger partial charge in [0.15, 0.2) is 0 Å². The van der Waals surface area contributed by atoms with E-state index in [1.54, 1.807) is 0 Å². The number of hydrogen-bond donors (Lipinski definition) is 1. The van der Waals surface area contributed by atoms with E-state index in [2.05, 4.69) is 30.2 Å². The van der Waals surface area contributed by atoms with Crippen molar-refractivity contribution in [1.82, 2.24) is 5.32 Å². The molecule has 1 N–H and O–H groups in total. The van der Waals surface area contributed by atoms with Gasteiger partial charge in [-0.3, -0.25) is 0 Å². The Kier molecular flexibility index (Phi) is 1.42. The normalized spacial score (nSPS) is 20.9. The van der Waals surface area contributed by atoms with Crippen LogP contribution in [0.15, 0.2) is 47.7 Å². The maximum Gasteiger partial charge on any atom is 0.0334 e. The van der Waals surface area contributed by atoms with Crippen molar-refractivity contribution in [2.45, 2.75) is 6.42 Å². The SMILES string of the molecule is C=CC1=CC2=CCNC=C2C1. The molecular formula is C10H11N. The summed E-state index contributed by atoms with van der Waals surface area (Å²) in [4.78, 5) is 0. The molecule has 0 unspecified atom stereocenters. The lowest BCUT2D eigenvalue weighted by molar-refractivity contribution is 0.938. The summed E-state index contributed by atoms with van der Waals surface area (Å²) in [7, 11) is 0. The van der Waals surface area contributed by atoms with Crippen LogP contribution >= 0.6 is 0 Å². The molecule has 1 aliphatic carbocycles. The van der Waals surface area contributed by atoms with Crippen LogP contribution in [0.2, 0.25) is 0 Å². The number of nitrogens with one attached hydrogen (secondary N) is 1. The molecule has 1 heteroatoms. The van der Waals surface area contributed by atoms with E-state index in [-0.39, 0.29) is 0 Å². The molecule has 2 rings (SSSR count). The third-order valence-electron chi connectivity index (χ3n) is 2.08. The first-order chi connectivity index (χ1) is 5.40. The fourth-order valence-electron chi connectivity index (χ4n) is 1.47. The van der Waals surface area contributed by atoms with E-state index in [1.165, 1.54) is 16.7 Å². The zero-order valence-electron chi connectivity index (χ0n) is 6.43. The standard InChI is InChI=1S/C10H11N/c1-2-8-5-9-3-4-11-7-10(9)6-8/h2-3,5,7,11H,1,4,6H2. The van der Waals surface area contributed by atoms with Gasteiger partial charge in [-0.15, -0.1) is 0 Å². The summed E-state index contributed by atoms with van der Waals surface area (Å²) >= 11 is 0. The highest BCUT2D eigenvalue weighted by Crippen LogP contribution is 2.30. The zero-order valence-corrected chi connectivity index (χ0v) is 6.43. The molecule has 0 saturated heterocycles. The highest BCUT2D eigenvalue weighted by atomic mass is 14.8. The fourth-order valence-corrected chi connectivity index (χ4v) is 1.47. The molecule has 0 spiro atoms. The van der Waals surface area contributed by atoms with E-state index < -0.39 is 0 Å². The lowest BCUT2D eigenvalue weighted by Gasteiger charge is -2.07. The molecular weight excluding hydrogens is 134 g/mol. The molecule has 0 aromatic heterocycles. The molecule has 0 aromatic carbocycles. The minimum atomic E-state index is 0.958. The van der Waals surface area contributed by atoms with Crippen LogP contribution < -0.4 is 5.32 Å². The van der Waals surface area contributed by atoms with Gasteiger partial charge in [0.05, 0.1) is 0 Å². The first kappa shape index (κ1) is 6.47. The molecule has 2 aliphatic rings. The van der Waals surface area contributed by atoms with Gasteiger partial charge < -0.3 is 5.32 Å². The second kappa shape index (κ2) is 2.42. The summed E-state index contributed by atoms with van der Waals surface area (Å²) in [5, 5.41) is 3.19. The van der Waals surface area contributed by atoms with Gasteiger partial charge in [0.25, 0.3) is 0 Å². The van der Waals surface area contributed by atoms with Crippen LogP contribution in [0, 0.1) is 0 Å². The van der Waals surface area contributed by atoms with E-state index in [0.717, 1.165) is 13.0 Å². The Morgan fingerprint density at radius 3 is 3.18 bits per heavy atom. The molecule has 0 bridgehead atoms. The van der Waals surface area contributed by atoms with Crippen LogP contribution in [-0.2, 0) is 0 Å². The zero-order chi connectivity index (χ0) is 7.68. The Morgan fingerprint density at radius 2 is 2.45 bits per heavy atom. The number of fused-ring (bicyclic) bond motifs is 1. The molecule has 11 heavy (non-hydrogen) atoms. The van der Waals surface area contributed by atoms with Gasteiger partial charge in [0, 0.05) is 12.7 Å². The molecule has 0 fully saturated rings. The summed E-state index contributed by atoms with van der Waals surface area (Å²) in [5.41, 5.74) is 4.09. The minimum absolute atomic E-state index is 0.958. The summed E-state index contributed by atoms with van der Waals surface area (Å²) in [6.45, 7) is 4.72. The summed E-state index contributed by atoms with van der Waals surface area (Å²) in [6.07, 6.45) is 9.50. The predicted molar refractivity (Wildman–Crippen MR) is 47.1 cm³/mol. The smallest absolute Gasteiger partial charge is 0.0334 e. The molecule has 0 saturated carbocycles. The Bertz CT molecular complexity index is 279. The largest absolute Gasteiger partial charge is 0.387 e. The Labute approximate surface area is 66.8 Å². The van der Waals surface area contributed by atoms with Gasteiger partial charge >= 0.3 is 0 Å². The van der Waals surface area contributed by atoms with Crippen molar-refractivity contribution in [3.8, 4) is 0 Å². The number of dihydropyridines is 1. The third kappa shape index (κ3) is 1.03. The van der Waals surface area contributed by atoms with Crippen molar-refractivity contribution in [3.05, 3.63) is 47.7 Å². The number of allylic oxidation sites excluding steroid dienone is 5. The highest BCUT2D eigenvalue weighted by molar-refractivity contribution is 5.53. The van der Waals surface area contributed by atoms with E-state index in [0.29, 0.717) is 0 Å². The summed E-state index contributed by atoms with van der Waals surface area (Å²) < 4.78 is 0. The average Bonchev–Trinajstić information content (AvgIpc) is 2.46. The number of rotatable bonds is 1. The maximum atomic E-state index is 3.76. The van der Waals surface area contributed by atoms with E-state index in [4.69, 9.17) is 0 Å². The average molecular weight is 145 g/mol. The van der Waals surface area contributed by atoms with E-state index in [1.807, 2.05) is 6.08 Å². The topological polar surface area (TPSA) is 12.0 Å². The van der Waals surface area contributed by atoms with Crippen LogP contribution in [0.1, 0.15) is 6.42 Å². The van der Waals surface area contributed by atoms with Crippen molar-refractivity contribution in [1.29, 1.82) is 0 Å². The van der Waals surface area contributed by atoms with Crippen LogP contribution in [0.5, 0.6) is 0 Å². The molecule has 1 heterocycles. The van der Waals surface area contributed by atoms with Gasteiger partial charge in [-0.1, -0.05) is 24.8 Å². The summed E-state index contributed by atoms with van der Waals surface area (Å²) in [5.74, 6) is 0. The van der Waals surface area contributed by atoms with Crippen LogP contribution in [0.4, 0.5) is 0 Å². The maximum absolute atomic E-state index is 3.76. The van der Waals surface area contributed by atoms with E-state index in [9.17, 15) is 0 Å². The molecule has 0 aromatic rings. The first-order valence-electron chi connectivity index (χ1n) is 3.86. The summed E-state index contributed by atoms with van der Waals surface area (Å²) in [6, 6.07) is 0. The van der Waals surface area contributed by atoms with Gasteiger partial charge in [0.2, 0.25) is 0 Å². The quantitative estimate of drug-likeness (QED) is 0.594. The molecule has 0 radical (unpaired) electrons. The van der Waals surface area contributed by atoms with Gasteiger partial charge in [-0.2, -0.15) is 0 Å². The van der Waals surface area contributed by atoms with Crippen LogP contribution in [0.3, 0.4) is 0 Å². The lowest BCUT2D eigenvalue weighted by atomic mass is 10.1. The Hall–Kier alpha value is -1.24. The van der Waals surface area contributed by atoms with Gasteiger partial charge in [0.1, 0.15) is 0 Å². The second-order valence-corrected chi connectivity index (χ2v) is 2.84. The van der Waals surface area contributed by atoms with Crippen molar-refractivity contribution in [2.75, 3.05) is 6.54 Å². The van der Waals surface area contributed by atoms with E-state index >= 15 is 0 Å². The van der Waals surface area contributed by atoms with Crippen LogP contribution in [-0.4, -0.2) is 6.54 Å². The fraction of sp³-hybridized carbons (Fsp3) is 0.200. The molecule has 0 atom stereocenters. The minimum Gasteiger partial charge on any atom is -0.387 e. The Balaban J connectivity index is 2.33. The molecule has 56 valence electrons. The number of hydrogen-bond acceptors (Lipinski definition) is 1. The van der Waals surface area contributed by atoms with Gasteiger partial charge in [-0.25, -0.2) is 0 Å². The van der Waals surface area contributed by atoms with Crippen molar-refractivity contribution in [3.63, 3.8) is 0 Å². The highest BCUT2D eigenvalue weighted by Gasteiger charge is 2.14. The molecule has 1 nitrogen and oxygen atoms in total. The van der Waals surface area contributed by atoms with Crippen molar-refractivity contribution >= 4 is 0 Å². The predicted octanol–water partition coefficient (Wildman–Crippen LogP) is 1.92. The monoisotopic (exact) mass is 145 g/mol. The van der Waals surface area contributed by atoms with Crippen molar-refractivity contribution in [2.24, 2.45) is 0 Å². The van der Waals surface area contributed by atoms with Crippen molar-refractivity contribution < 1.29 is 0 Å². The van der Waals surface area contributed by atoms with Gasteiger partial charge in [-0.05, 0) is 23.1 Å². The lowest BCUT2D eigenvalue weighted by Crippen LogP contribution is -2.10. The first-order valence-corrected chi connectivity index (χ1v) is 3.86. The third-order valence-corrected chi connectivity index (χ3v) is 2.08. The Morgan fingerprint density at radius 1 is 1.55 bits per heavy atom. The molecule has 0 amide bonds. The van der Waals surface area contributed by atoms with Crippen LogP contribution in [0.25, 0.3) is 0 Å². The molecule has 1 aliphatic heterocycles.